The van der Waals surface area contributed by atoms with E-state index in [2.05, 4.69) is 22.4 Å². The summed E-state index contributed by atoms with van der Waals surface area (Å²) in [6.07, 6.45) is 0.947. The van der Waals surface area contributed by atoms with Crippen molar-refractivity contribution in [3.63, 3.8) is 0 Å². The van der Waals surface area contributed by atoms with Gasteiger partial charge in [-0.25, -0.2) is 0 Å². The molecule has 3 nitrogen and oxygen atoms in total. The minimum Gasteiger partial charge on any atom is -0.399 e. The molecule has 0 saturated heterocycles. The SMILES string of the molecule is Cc1cc(NCCc2ccc(Cl)s2)c2cc(N)ccc2n1. The molecule has 0 atom stereocenters. The Kier molecular flexibility index (Phi) is 3.99. The monoisotopic (exact) mass is 317 g/mol. The largest absolute Gasteiger partial charge is 0.399 e. The molecular formula is C16H16ClN3S. The van der Waals surface area contributed by atoms with Gasteiger partial charge in [-0.2, -0.15) is 0 Å². The molecule has 5 heteroatoms. The maximum atomic E-state index is 5.95. The van der Waals surface area contributed by atoms with Crippen LogP contribution >= 0.6 is 22.9 Å². The number of fused-ring (bicyclic) bond motifs is 1. The summed E-state index contributed by atoms with van der Waals surface area (Å²) >= 11 is 7.57. The van der Waals surface area contributed by atoms with Crippen LogP contribution in [0.3, 0.4) is 0 Å². The zero-order valence-corrected chi connectivity index (χ0v) is 13.3. The van der Waals surface area contributed by atoms with Crippen LogP contribution in [0.5, 0.6) is 0 Å². The van der Waals surface area contributed by atoms with Crippen molar-refractivity contribution in [2.45, 2.75) is 13.3 Å². The van der Waals surface area contributed by atoms with E-state index in [1.165, 1.54) is 4.88 Å². The van der Waals surface area contributed by atoms with E-state index in [4.69, 9.17) is 17.3 Å². The third kappa shape index (κ3) is 3.28. The van der Waals surface area contributed by atoms with Crippen LogP contribution in [0.2, 0.25) is 4.34 Å². The number of anilines is 2. The Balaban J connectivity index is 1.81. The highest BCUT2D eigenvalue weighted by Gasteiger charge is 2.05. The summed E-state index contributed by atoms with van der Waals surface area (Å²) in [5, 5.41) is 4.54. The molecule has 0 radical (unpaired) electrons. The Bertz CT molecular complexity index is 782. The molecule has 0 amide bonds. The van der Waals surface area contributed by atoms with Crippen molar-refractivity contribution in [3.05, 3.63) is 51.3 Å². The second-order valence-corrected chi connectivity index (χ2v) is 6.77. The van der Waals surface area contributed by atoms with Gasteiger partial charge in [-0.3, -0.25) is 4.98 Å². The van der Waals surface area contributed by atoms with Gasteiger partial charge in [0, 0.05) is 33.9 Å². The standard InChI is InChI=1S/C16H16ClN3S/c1-10-8-15(13-9-11(18)2-4-14(13)20-10)19-7-6-12-3-5-16(17)21-12/h2-5,8-9H,6-7,18H2,1H3,(H,19,20). The molecule has 3 rings (SSSR count). The fourth-order valence-electron chi connectivity index (χ4n) is 2.33. The van der Waals surface area contributed by atoms with Crippen LogP contribution < -0.4 is 11.1 Å². The van der Waals surface area contributed by atoms with Crippen molar-refractivity contribution in [3.8, 4) is 0 Å². The number of hydrogen-bond acceptors (Lipinski definition) is 4. The van der Waals surface area contributed by atoms with Crippen molar-refractivity contribution >= 4 is 45.2 Å². The van der Waals surface area contributed by atoms with Gasteiger partial charge in [0.05, 0.1) is 9.85 Å². The topological polar surface area (TPSA) is 50.9 Å². The van der Waals surface area contributed by atoms with Crippen LogP contribution in [0.15, 0.2) is 36.4 Å². The molecule has 0 aliphatic heterocycles. The van der Waals surface area contributed by atoms with Gasteiger partial charge in [-0.1, -0.05) is 11.6 Å². The highest BCUT2D eigenvalue weighted by atomic mass is 35.5. The first kappa shape index (κ1) is 14.2. The predicted molar refractivity (Wildman–Crippen MR) is 92.4 cm³/mol. The molecule has 1 aromatic carbocycles. The molecule has 0 aliphatic carbocycles. The Morgan fingerprint density at radius 1 is 1.24 bits per heavy atom. The number of nitrogen functional groups attached to an aromatic ring is 1. The van der Waals surface area contributed by atoms with Crippen LogP contribution in [0, 0.1) is 6.92 Å². The second-order valence-electron chi connectivity index (χ2n) is 4.97. The van der Waals surface area contributed by atoms with Crippen molar-refractivity contribution < 1.29 is 0 Å². The summed E-state index contributed by atoms with van der Waals surface area (Å²) in [5.74, 6) is 0. The van der Waals surface area contributed by atoms with Crippen molar-refractivity contribution in [2.75, 3.05) is 17.6 Å². The van der Waals surface area contributed by atoms with Crippen molar-refractivity contribution in [2.24, 2.45) is 0 Å². The van der Waals surface area contributed by atoms with Crippen molar-refractivity contribution in [1.29, 1.82) is 0 Å². The summed E-state index contributed by atoms with van der Waals surface area (Å²) in [6, 6.07) is 11.9. The number of thiophene rings is 1. The number of aryl methyl sites for hydroxylation is 1. The number of nitrogens with two attached hydrogens (primary N) is 1. The summed E-state index contributed by atoms with van der Waals surface area (Å²) in [6.45, 7) is 2.85. The molecule has 108 valence electrons. The van der Waals surface area contributed by atoms with Crippen LogP contribution in [0.1, 0.15) is 10.6 Å². The maximum absolute atomic E-state index is 5.95. The van der Waals surface area contributed by atoms with Crippen LogP contribution in [-0.2, 0) is 6.42 Å². The number of halogens is 1. The molecule has 2 aromatic heterocycles. The summed E-state index contributed by atoms with van der Waals surface area (Å²) < 4.78 is 0.836. The van der Waals surface area contributed by atoms with Crippen molar-refractivity contribution in [1.82, 2.24) is 4.98 Å². The van der Waals surface area contributed by atoms with E-state index in [1.54, 1.807) is 11.3 Å². The Labute approximate surface area is 132 Å². The zero-order valence-electron chi connectivity index (χ0n) is 11.7. The summed E-state index contributed by atoms with van der Waals surface area (Å²) in [5.41, 5.74) is 9.67. The minimum absolute atomic E-state index is 0.751. The molecule has 0 unspecified atom stereocenters. The van der Waals surface area contributed by atoms with E-state index in [9.17, 15) is 0 Å². The van der Waals surface area contributed by atoms with Gasteiger partial charge in [0.25, 0.3) is 0 Å². The third-order valence-electron chi connectivity index (χ3n) is 3.28. The zero-order chi connectivity index (χ0) is 14.8. The summed E-state index contributed by atoms with van der Waals surface area (Å²) in [4.78, 5) is 5.82. The van der Waals surface area contributed by atoms with Crippen LogP contribution in [-0.4, -0.2) is 11.5 Å². The van der Waals surface area contributed by atoms with E-state index in [0.717, 1.165) is 45.3 Å². The van der Waals surface area contributed by atoms with Crippen LogP contribution in [0.25, 0.3) is 10.9 Å². The Hall–Kier alpha value is -1.78. The average Bonchev–Trinajstić information content (AvgIpc) is 2.85. The lowest BCUT2D eigenvalue weighted by Crippen LogP contribution is -2.05. The molecule has 0 aliphatic rings. The smallest absolute Gasteiger partial charge is 0.0931 e. The lowest BCUT2D eigenvalue weighted by Gasteiger charge is -2.11. The number of pyridine rings is 1. The first-order valence-electron chi connectivity index (χ1n) is 6.77. The molecule has 0 spiro atoms. The van der Waals surface area contributed by atoms with Gasteiger partial charge in [-0.15, -0.1) is 11.3 Å². The van der Waals surface area contributed by atoms with Gasteiger partial charge in [0.1, 0.15) is 0 Å². The van der Waals surface area contributed by atoms with Gasteiger partial charge in [0.15, 0.2) is 0 Å². The molecule has 21 heavy (non-hydrogen) atoms. The average molecular weight is 318 g/mol. The molecule has 0 saturated carbocycles. The highest BCUT2D eigenvalue weighted by Crippen LogP contribution is 2.26. The minimum atomic E-state index is 0.751. The molecule has 3 N–H and O–H groups in total. The lowest BCUT2D eigenvalue weighted by atomic mass is 10.1. The number of benzene rings is 1. The van der Waals surface area contributed by atoms with Crippen LogP contribution in [0.4, 0.5) is 11.4 Å². The third-order valence-corrected chi connectivity index (χ3v) is 4.57. The molecular weight excluding hydrogens is 302 g/mol. The summed E-state index contributed by atoms with van der Waals surface area (Å²) in [7, 11) is 0. The van der Waals surface area contributed by atoms with E-state index < -0.39 is 0 Å². The van der Waals surface area contributed by atoms with Gasteiger partial charge >= 0.3 is 0 Å². The number of nitrogens with one attached hydrogen (secondary N) is 1. The first-order chi connectivity index (χ1) is 10.1. The molecule has 0 bridgehead atoms. The number of aromatic nitrogens is 1. The molecule has 3 aromatic rings. The Morgan fingerprint density at radius 2 is 2.10 bits per heavy atom. The highest BCUT2D eigenvalue weighted by molar-refractivity contribution is 7.16. The van der Waals surface area contributed by atoms with E-state index in [-0.39, 0.29) is 0 Å². The predicted octanol–water partition coefficient (Wildman–Crippen LogP) is 4.49. The van der Waals surface area contributed by atoms with E-state index in [1.807, 2.05) is 31.2 Å². The number of nitrogens with zero attached hydrogens (tertiary/aromatic N) is 1. The maximum Gasteiger partial charge on any atom is 0.0931 e. The fourth-order valence-corrected chi connectivity index (χ4v) is 3.42. The Morgan fingerprint density at radius 3 is 2.86 bits per heavy atom. The quantitative estimate of drug-likeness (QED) is 0.697. The number of hydrogen-bond donors (Lipinski definition) is 2. The van der Waals surface area contributed by atoms with Gasteiger partial charge in [0.2, 0.25) is 0 Å². The van der Waals surface area contributed by atoms with Gasteiger partial charge < -0.3 is 11.1 Å². The lowest BCUT2D eigenvalue weighted by molar-refractivity contribution is 1.04. The molecule has 0 fully saturated rings. The number of rotatable bonds is 4. The van der Waals surface area contributed by atoms with E-state index in [0.29, 0.717) is 0 Å². The first-order valence-corrected chi connectivity index (χ1v) is 7.96. The van der Waals surface area contributed by atoms with E-state index >= 15 is 0 Å². The second kappa shape index (κ2) is 5.92. The molecule has 2 heterocycles. The fraction of sp³-hybridized carbons (Fsp3) is 0.188. The van der Waals surface area contributed by atoms with Gasteiger partial charge in [-0.05, 0) is 49.7 Å². The normalized spacial score (nSPS) is 11.0.